The highest BCUT2D eigenvalue weighted by molar-refractivity contribution is 6.11. The summed E-state index contributed by atoms with van der Waals surface area (Å²) in [5, 5.41) is 5.03. The molecule has 50 heavy (non-hydrogen) atoms. The quantitative estimate of drug-likeness (QED) is 0.178. The first-order valence-corrected chi connectivity index (χ1v) is 17.2. The van der Waals surface area contributed by atoms with E-state index in [1.54, 1.807) is 0 Å². The van der Waals surface area contributed by atoms with Gasteiger partial charge >= 0.3 is 0 Å². The number of benzene rings is 8. The third-order valence-corrected chi connectivity index (χ3v) is 10.1. The highest BCUT2D eigenvalue weighted by Crippen LogP contribution is 2.40. The lowest BCUT2D eigenvalue weighted by molar-refractivity contribution is 1.18. The smallest absolute Gasteiger partial charge is 0.0547 e. The van der Waals surface area contributed by atoms with E-state index in [0.29, 0.717) is 0 Å². The minimum atomic E-state index is 1.16. The van der Waals surface area contributed by atoms with E-state index in [0.717, 1.165) is 5.69 Å². The number of para-hydroxylation sites is 3. The molecule has 0 aliphatic heterocycles. The van der Waals surface area contributed by atoms with Crippen LogP contribution in [0.25, 0.3) is 88.4 Å². The highest BCUT2D eigenvalue weighted by Gasteiger charge is 2.18. The molecule has 2 aromatic heterocycles. The number of aromatic nitrogens is 2. The van der Waals surface area contributed by atoms with Crippen LogP contribution in [0.3, 0.4) is 0 Å². The average Bonchev–Trinajstić information content (AvgIpc) is 3.71. The predicted molar refractivity (Wildman–Crippen MR) is 211 cm³/mol. The van der Waals surface area contributed by atoms with Gasteiger partial charge in [0.2, 0.25) is 0 Å². The average molecular weight is 637 g/mol. The molecule has 8 aromatic carbocycles. The molecule has 0 N–H and O–H groups in total. The minimum Gasteiger partial charge on any atom is -0.309 e. The van der Waals surface area contributed by atoms with Crippen molar-refractivity contribution in [2.45, 2.75) is 0 Å². The number of fused-ring (bicyclic) bond motifs is 6. The fourth-order valence-electron chi connectivity index (χ4n) is 7.83. The molecule has 0 unspecified atom stereocenters. The molecule has 10 aromatic rings. The van der Waals surface area contributed by atoms with E-state index in [9.17, 15) is 0 Å². The van der Waals surface area contributed by atoms with E-state index >= 15 is 0 Å². The number of hydrogen-bond donors (Lipinski definition) is 0. The van der Waals surface area contributed by atoms with Crippen LogP contribution in [0.15, 0.2) is 194 Å². The fourth-order valence-corrected chi connectivity index (χ4v) is 7.83. The Kier molecular flexibility index (Phi) is 6.53. The Hall–Kier alpha value is -6.64. The summed E-state index contributed by atoms with van der Waals surface area (Å²) in [7, 11) is 0. The van der Waals surface area contributed by atoms with Gasteiger partial charge in [-0.1, -0.05) is 146 Å². The number of rotatable bonds is 5. The third-order valence-electron chi connectivity index (χ3n) is 10.1. The van der Waals surface area contributed by atoms with Crippen molar-refractivity contribution >= 4 is 43.6 Å². The first-order chi connectivity index (χ1) is 24.8. The Morgan fingerprint density at radius 3 is 1.40 bits per heavy atom. The lowest BCUT2D eigenvalue weighted by Crippen LogP contribution is -1.98. The van der Waals surface area contributed by atoms with Crippen molar-refractivity contribution in [3.05, 3.63) is 194 Å². The summed E-state index contributed by atoms with van der Waals surface area (Å²) in [4.78, 5) is 0. The zero-order chi connectivity index (χ0) is 33.0. The van der Waals surface area contributed by atoms with E-state index in [1.165, 1.54) is 82.7 Å². The van der Waals surface area contributed by atoms with Gasteiger partial charge in [-0.3, -0.25) is 0 Å². The van der Waals surface area contributed by atoms with Crippen molar-refractivity contribution in [1.82, 2.24) is 9.13 Å². The maximum absolute atomic E-state index is 2.46. The van der Waals surface area contributed by atoms with Crippen molar-refractivity contribution in [3.8, 4) is 44.8 Å². The highest BCUT2D eigenvalue weighted by atomic mass is 15.0. The van der Waals surface area contributed by atoms with E-state index in [4.69, 9.17) is 0 Å². The molecule has 0 saturated heterocycles. The van der Waals surface area contributed by atoms with E-state index < -0.39 is 0 Å². The van der Waals surface area contributed by atoms with Gasteiger partial charge in [-0.15, -0.1) is 0 Å². The van der Waals surface area contributed by atoms with Gasteiger partial charge in [0.25, 0.3) is 0 Å². The van der Waals surface area contributed by atoms with Gasteiger partial charge in [-0.05, 0) is 76.3 Å². The summed E-state index contributed by atoms with van der Waals surface area (Å²) in [6.07, 6.45) is 0. The zero-order valence-electron chi connectivity index (χ0n) is 27.4. The molecular formula is C48H32N2. The Bertz CT molecular complexity index is 2800. The largest absolute Gasteiger partial charge is 0.309 e. The summed E-state index contributed by atoms with van der Waals surface area (Å²) in [5.74, 6) is 0. The van der Waals surface area contributed by atoms with Crippen molar-refractivity contribution in [2.75, 3.05) is 0 Å². The van der Waals surface area contributed by atoms with Crippen molar-refractivity contribution in [3.63, 3.8) is 0 Å². The molecule has 10 rings (SSSR count). The standard InChI is InChI=1S/C48H32N2/c1-3-14-33(15-4-1)36-27-29-47(43(31-36)34-16-5-2-6-17-34)50-46-25-12-9-22-41(46)42-28-26-37(32-48(42)50)35-18-13-19-38(30-35)49-44-23-10-7-20-39(44)40-21-8-11-24-45(40)49/h1-32H. The molecule has 0 aliphatic carbocycles. The van der Waals surface area contributed by atoms with E-state index in [1.807, 2.05) is 0 Å². The van der Waals surface area contributed by atoms with Crippen LogP contribution < -0.4 is 0 Å². The van der Waals surface area contributed by atoms with Crippen molar-refractivity contribution < 1.29 is 0 Å². The first-order valence-electron chi connectivity index (χ1n) is 17.2. The van der Waals surface area contributed by atoms with Crippen molar-refractivity contribution in [2.24, 2.45) is 0 Å². The minimum absolute atomic E-state index is 1.16. The second-order valence-corrected chi connectivity index (χ2v) is 13.0. The van der Waals surface area contributed by atoms with Gasteiger partial charge in [-0.25, -0.2) is 0 Å². The third kappa shape index (κ3) is 4.50. The van der Waals surface area contributed by atoms with Crippen LogP contribution in [0, 0.1) is 0 Å². The topological polar surface area (TPSA) is 9.86 Å². The maximum Gasteiger partial charge on any atom is 0.0547 e. The second kappa shape index (κ2) is 11.5. The van der Waals surface area contributed by atoms with Crippen LogP contribution >= 0.6 is 0 Å². The van der Waals surface area contributed by atoms with Gasteiger partial charge in [-0.2, -0.15) is 0 Å². The summed E-state index contributed by atoms with van der Waals surface area (Å²) < 4.78 is 4.85. The summed E-state index contributed by atoms with van der Waals surface area (Å²) >= 11 is 0. The predicted octanol–water partition coefficient (Wildman–Crippen LogP) is 12.9. The number of hydrogen-bond acceptors (Lipinski definition) is 0. The lowest BCUT2D eigenvalue weighted by atomic mass is 9.97. The molecule has 0 bridgehead atoms. The Morgan fingerprint density at radius 2 is 0.740 bits per heavy atom. The molecule has 0 aliphatic rings. The van der Waals surface area contributed by atoms with Gasteiger partial charge < -0.3 is 9.13 Å². The van der Waals surface area contributed by atoms with Gasteiger partial charge in [0, 0.05) is 32.8 Å². The molecule has 0 fully saturated rings. The monoisotopic (exact) mass is 636 g/mol. The molecular weight excluding hydrogens is 605 g/mol. The number of nitrogens with zero attached hydrogens (tertiary/aromatic N) is 2. The molecule has 0 saturated carbocycles. The molecule has 234 valence electrons. The summed E-state index contributed by atoms with van der Waals surface area (Å²) in [6.45, 7) is 0. The van der Waals surface area contributed by atoms with Crippen LogP contribution in [-0.4, -0.2) is 9.13 Å². The van der Waals surface area contributed by atoms with Crippen molar-refractivity contribution in [1.29, 1.82) is 0 Å². The Labute approximate surface area is 290 Å². The fraction of sp³-hybridized carbons (Fsp3) is 0. The molecule has 2 heterocycles. The summed E-state index contributed by atoms with van der Waals surface area (Å²) in [5.41, 5.74) is 14.3. The maximum atomic E-state index is 2.46. The SMILES string of the molecule is c1ccc(-c2ccc(-n3c4ccccc4c4ccc(-c5cccc(-n6c7ccccc7c7ccccc76)c5)cc43)c(-c3ccccc3)c2)cc1. The molecule has 0 spiro atoms. The van der Waals surface area contributed by atoms with E-state index in [2.05, 4.69) is 203 Å². The molecule has 2 nitrogen and oxygen atoms in total. The zero-order valence-corrected chi connectivity index (χ0v) is 27.4. The van der Waals surface area contributed by atoms with Crippen LogP contribution in [0.4, 0.5) is 0 Å². The van der Waals surface area contributed by atoms with Gasteiger partial charge in [0.1, 0.15) is 0 Å². The normalized spacial score (nSPS) is 11.6. The molecule has 0 amide bonds. The van der Waals surface area contributed by atoms with Gasteiger partial charge in [0.15, 0.2) is 0 Å². The van der Waals surface area contributed by atoms with E-state index in [-0.39, 0.29) is 0 Å². The molecule has 2 heteroatoms. The molecule has 0 atom stereocenters. The summed E-state index contributed by atoms with van der Waals surface area (Å²) in [6, 6.07) is 70.4. The van der Waals surface area contributed by atoms with Gasteiger partial charge in [0.05, 0.1) is 27.8 Å². The Balaban J connectivity index is 1.19. The van der Waals surface area contributed by atoms with Crippen LogP contribution in [-0.2, 0) is 0 Å². The van der Waals surface area contributed by atoms with Crippen LogP contribution in [0.5, 0.6) is 0 Å². The van der Waals surface area contributed by atoms with Crippen LogP contribution in [0.1, 0.15) is 0 Å². The second-order valence-electron chi connectivity index (χ2n) is 13.0. The Morgan fingerprint density at radius 1 is 0.260 bits per heavy atom. The first kappa shape index (κ1) is 28.4. The van der Waals surface area contributed by atoms with Crippen LogP contribution in [0.2, 0.25) is 0 Å². The molecule has 0 radical (unpaired) electrons. The lowest BCUT2D eigenvalue weighted by Gasteiger charge is -2.16.